The zero-order valence-corrected chi connectivity index (χ0v) is 18.9. The van der Waals surface area contributed by atoms with Crippen LogP contribution >= 0.6 is 11.3 Å². The van der Waals surface area contributed by atoms with Gasteiger partial charge in [-0.15, -0.1) is 11.3 Å². The largest absolute Gasteiger partial charge is 0.370 e. The Balaban J connectivity index is 1.57. The van der Waals surface area contributed by atoms with E-state index < -0.39 is 20.0 Å². The van der Waals surface area contributed by atoms with Gasteiger partial charge >= 0.3 is 0 Å². The van der Waals surface area contributed by atoms with Crippen molar-refractivity contribution in [2.24, 2.45) is 5.41 Å². The summed E-state index contributed by atoms with van der Waals surface area (Å²) in [5, 5.41) is 0. The van der Waals surface area contributed by atoms with E-state index in [4.69, 9.17) is 0 Å². The molecule has 1 aromatic carbocycles. The fourth-order valence-electron chi connectivity index (χ4n) is 3.70. The first kappa shape index (κ1) is 20.6. The first-order valence-corrected chi connectivity index (χ1v) is 13.3. The van der Waals surface area contributed by atoms with Crippen molar-refractivity contribution in [1.29, 1.82) is 0 Å². The molecule has 1 N–H and O–H groups in total. The summed E-state index contributed by atoms with van der Waals surface area (Å²) in [6.07, 6.45) is 4.91. The zero-order chi connectivity index (χ0) is 20.9. The van der Waals surface area contributed by atoms with Gasteiger partial charge in [0.15, 0.2) is 0 Å². The van der Waals surface area contributed by atoms with E-state index >= 15 is 0 Å². The molecule has 10 heteroatoms. The first-order chi connectivity index (χ1) is 13.6. The fraction of sp³-hybridized carbons (Fsp3) is 0.474. The summed E-state index contributed by atoms with van der Waals surface area (Å²) in [6.45, 7) is 1.84. The Kier molecular flexibility index (Phi) is 5.17. The van der Waals surface area contributed by atoms with Crippen molar-refractivity contribution in [3.63, 3.8) is 0 Å². The quantitative estimate of drug-likeness (QED) is 0.723. The predicted octanol–water partition coefficient (Wildman–Crippen LogP) is 3.18. The Labute approximate surface area is 176 Å². The molecular weight excluding hydrogens is 430 g/mol. The summed E-state index contributed by atoms with van der Waals surface area (Å²) in [4.78, 5) is 2.23. The third kappa shape index (κ3) is 4.03. The van der Waals surface area contributed by atoms with Crippen LogP contribution in [0.5, 0.6) is 0 Å². The lowest BCUT2D eigenvalue weighted by Crippen LogP contribution is -2.35. The molecule has 2 aliphatic rings. The highest BCUT2D eigenvalue weighted by Gasteiger charge is 2.44. The van der Waals surface area contributed by atoms with Gasteiger partial charge < -0.3 is 4.90 Å². The highest BCUT2D eigenvalue weighted by molar-refractivity contribution is 7.96. The van der Waals surface area contributed by atoms with Crippen LogP contribution in [0.2, 0.25) is 0 Å². The standard InChI is InChI=1S/C19H25N3O4S3/c1-21(2)29(25,26)18-8-7-17(27-18)28(23,24)20-15-5-3-4-6-16(15)22-13-11-19(9-10-19)12-14-22/h3-8,20H,9-14H2,1-2H3. The molecule has 7 nitrogen and oxygen atoms in total. The molecule has 1 spiro atoms. The van der Waals surface area contributed by atoms with Gasteiger partial charge in [0.25, 0.3) is 20.0 Å². The summed E-state index contributed by atoms with van der Waals surface area (Å²) in [5.41, 5.74) is 1.92. The highest BCUT2D eigenvalue weighted by Crippen LogP contribution is 2.54. The monoisotopic (exact) mass is 455 g/mol. The molecule has 2 aromatic rings. The lowest BCUT2D eigenvalue weighted by atomic mass is 9.93. The maximum Gasteiger partial charge on any atom is 0.271 e. The summed E-state index contributed by atoms with van der Waals surface area (Å²) in [6, 6.07) is 10.0. The Morgan fingerprint density at radius 3 is 2.17 bits per heavy atom. The molecule has 1 saturated carbocycles. The topological polar surface area (TPSA) is 86.8 Å². The van der Waals surface area contributed by atoms with Crippen molar-refractivity contribution in [2.75, 3.05) is 36.8 Å². The number of para-hydroxylation sites is 2. The van der Waals surface area contributed by atoms with Gasteiger partial charge in [0.05, 0.1) is 11.4 Å². The number of benzene rings is 1. The normalized spacial score (nSPS) is 18.9. The number of hydrogen-bond acceptors (Lipinski definition) is 6. The van der Waals surface area contributed by atoms with Crippen LogP contribution in [-0.4, -0.2) is 48.3 Å². The van der Waals surface area contributed by atoms with Crippen LogP contribution in [0.1, 0.15) is 25.7 Å². The maximum absolute atomic E-state index is 12.9. The van der Waals surface area contributed by atoms with Crippen LogP contribution in [0.15, 0.2) is 44.8 Å². The number of anilines is 2. The van der Waals surface area contributed by atoms with Crippen LogP contribution < -0.4 is 9.62 Å². The lowest BCUT2D eigenvalue weighted by Gasteiger charge is -2.35. The number of nitrogens with one attached hydrogen (secondary N) is 1. The number of rotatable bonds is 6. The minimum Gasteiger partial charge on any atom is -0.370 e. The lowest BCUT2D eigenvalue weighted by molar-refractivity contribution is 0.384. The van der Waals surface area contributed by atoms with E-state index in [9.17, 15) is 16.8 Å². The Morgan fingerprint density at radius 2 is 1.55 bits per heavy atom. The first-order valence-electron chi connectivity index (χ1n) is 9.52. The van der Waals surface area contributed by atoms with Crippen LogP contribution in [0.25, 0.3) is 0 Å². The zero-order valence-electron chi connectivity index (χ0n) is 16.5. The smallest absolute Gasteiger partial charge is 0.271 e. The highest BCUT2D eigenvalue weighted by atomic mass is 32.3. The molecule has 1 aliphatic heterocycles. The maximum atomic E-state index is 12.9. The SMILES string of the molecule is CN(C)S(=O)(=O)c1ccc(S(=O)(=O)Nc2ccccc2N2CCC3(CC2)CC3)s1. The Hall–Kier alpha value is -1.62. The van der Waals surface area contributed by atoms with Crippen LogP contribution in [0, 0.1) is 5.41 Å². The number of thiophene rings is 1. The van der Waals surface area contributed by atoms with Crippen molar-refractivity contribution >= 4 is 42.8 Å². The molecular formula is C19H25N3O4S3. The van der Waals surface area contributed by atoms with Crippen molar-refractivity contribution in [3.05, 3.63) is 36.4 Å². The number of hydrogen-bond donors (Lipinski definition) is 1. The van der Waals surface area contributed by atoms with E-state index in [2.05, 4.69) is 9.62 Å². The molecule has 4 rings (SSSR count). The number of nitrogens with zero attached hydrogens (tertiary/aromatic N) is 2. The molecule has 0 radical (unpaired) electrons. The van der Waals surface area contributed by atoms with Gasteiger partial charge in [0, 0.05) is 27.2 Å². The summed E-state index contributed by atoms with van der Waals surface area (Å²) >= 11 is 0.750. The van der Waals surface area contributed by atoms with Crippen molar-refractivity contribution in [2.45, 2.75) is 34.1 Å². The van der Waals surface area contributed by atoms with E-state index in [0.717, 1.165) is 47.3 Å². The third-order valence-corrected chi connectivity index (χ3v) is 11.1. The molecule has 29 heavy (non-hydrogen) atoms. The predicted molar refractivity (Wildman–Crippen MR) is 116 cm³/mol. The minimum atomic E-state index is -3.89. The molecule has 1 aliphatic carbocycles. The molecule has 2 fully saturated rings. The molecule has 1 saturated heterocycles. The Morgan fingerprint density at radius 1 is 0.931 bits per heavy atom. The van der Waals surface area contributed by atoms with Gasteiger partial charge in [-0.05, 0) is 55.4 Å². The second-order valence-corrected chi connectivity index (χ2v) is 13.3. The number of piperidine rings is 1. The summed E-state index contributed by atoms with van der Waals surface area (Å²) in [7, 11) is -4.72. The van der Waals surface area contributed by atoms with Gasteiger partial charge in [0.2, 0.25) is 0 Å². The fourth-order valence-corrected chi connectivity index (χ4v) is 7.71. The second kappa shape index (κ2) is 7.26. The summed E-state index contributed by atoms with van der Waals surface area (Å²) in [5.74, 6) is 0. The van der Waals surface area contributed by atoms with E-state index in [-0.39, 0.29) is 8.42 Å². The van der Waals surface area contributed by atoms with Gasteiger partial charge in [0.1, 0.15) is 8.42 Å². The number of sulfonamides is 2. The van der Waals surface area contributed by atoms with Crippen molar-refractivity contribution in [1.82, 2.24) is 4.31 Å². The van der Waals surface area contributed by atoms with Crippen molar-refractivity contribution in [3.8, 4) is 0 Å². The average Bonchev–Trinajstić information content (AvgIpc) is 3.21. The van der Waals surface area contributed by atoms with Crippen LogP contribution in [0.3, 0.4) is 0 Å². The van der Waals surface area contributed by atoms with Gasteiger partial charge in [-0.1, -0.05) is 12.1 Å². The molecule has 1 aromatic heterocycles. The van der Waals surface area contributed by atoms with E-state index in [1.165, 1.54) is 39.1 Å². The molecule has 0 bridgehead atoms. The van der Waals surface area contributed by atoms with Gasteiger partial charge in [-0.2, -0.15) is 0 Å². The molecule has 0 unspecified atom stereocenters. The molecule has 2 heterocycles. The van der Waals surface area contributed by atoms with Crippen LogP contribution in [0.4, 0.5) is 11.4 Å². The molecule has 0 atom stereocenters. The van der Waals surface area contributed by atoms with E-state index in [0.29, 0.717) is 11.1 Å². The molecule has 158 valence electrons. The van der Waals surface area contributed by atoms with Crippen LogP contribution in [-0.2, 0) is 20.0 Å². The van der Waals surface area contributed by atoms with Gasteiger partial charge in [-0.3, -0.25) is 4.72 Å². The van der Waals surface area contributed by atoms with Gasteiger partial charge in [-0.25, -0.2) is 21.1 Å². The summed E-state index contributed by atoms with van der Waals surface area (Å²) < 4.78 is 54.1. The second-order valence-electron chi connectivity index (χ2n) is 7.97. The Bertz CT molecular complexity index is 1110. The van der Waals surface area contributed by atoms with Crippen molar-refractivity contribution < 1.29 is 16.8 Å². The van der Waals surface area contributed by atoms with E-state index in [1.54, 1.807) is 12.1 Å². The average molecular weight is 456 g/mol. The molecule has 0 amide bonds. The minimum absolute atomic E-state index is 0.00178. The van der Waals surface area contributed by atoms with E-state index in [1.807, 2.05) is 12.1 Å². The third-order valence-electron chi connectivity index (χ3n) is 5.83.